The van der Waals surface area contributed by atoms with Crippen molar-refractivity contribution in [3.05, 3.63) is 37.0 Å². The van der Waals surface area contributed by atoms with Crippen molar-refractivity contribution < 1.29 is 18.1 Å². The Bertz CT molecular complexity index is 331. The van der Waals surface area contributed by atoms with Gasteiger partial charge in [-0.15, -0.1) is 0 Å². The zero-order valence-electron chi connectivity index (χ0n) is 14.9. The van der Waals surface area contributed by atoms with E-state index in [0.29, 0.717) is 0 Å². The third-order valence-electron chi connectivity index (χ3n) is 3.03. The van der Waals surface area contributed by atoms with E-state index in [1.165, 1.54) is 18.8 Å². The summed E-state index contributed by atoms with van der Waals surface area (Å²) in [6, 6.07) is 0. The number of unbranched alkanes of at least 4 members (excludes halogenated alkanes) is 6. The third kappa shape index (κ3) is 14.2. The minimum Gasteiger partial charge on any atom is -0.394 e. The Balaban J connectivity index is 4.43. The van der Waals surface area contributed by atoms with Crippen molar-refractivity contribution in [2.45, 2.75) is 78.6 Å². The topological polar surface area (TPSA) is 44.8 Å². The molecule has 5 heteroatoms. The fraction of sp³-hybridized carbons (Fsp3) is 0.667. The summed E-state index contributed by atoms with van der Waals surface area (Å²) < 4.78 is 28.1. The summed E-state index contributed by atoms with van der Waals surface area (Å²) in [6.45, 7) is 6.36. The molecular formula is C18H33O4P. The molecule has 0 unspecified atom stereocenters. The predicted molar refractivity (Wildman–Crippen MR) is 96.9 cm³/mol. The number of hydrogen-bond acceptors (Lipinski definition) is 4. The van der Waals surface area contributed by atoms with Gasteiger partial charge in [-0.2, -0.15) is 4.57 Å². The maximum Gasteiger partial charge on any atom is 0.645 e. The molecule has 0 N–H and O–H groups in total. The van der Waals surface area contributed by atoms with Crippen LogP contribution in [0.1, 0.15) is 78.6 Å². The molecule has 0 heterocycles. The normalized spacial score (nSPS) is 12.5. The van der Waals surface area contributed by atoms with Crippen LogP contribution in [0.2, 0.25) is 0 Å². The number of phosphoric acid groups is 1. The zero-order valence-corrected chi connectivity index (χ0v) is 15.8. The van der Waals surface area contributed by atoms with Crippen molar-refractivity contribution >= 4 is 7.82 Å². The number of phosphoric ester groups is 1. The monoisotopic (exact) mass is 344 g/mol. The van der Waals surface area contributed by atoms with E-state index in [1.54, 1.807) is 0 Å². The maximum absolute atomic E-state index is 12.5. The first-order chi connectivity index (χ1) is 11.2. The molecule has 0 aromatic rings. The summed E-state index contributed by atoms with van der Waals surface area (Å²) in [5, 5.41) is 0. The molecule has 0 saturated heterocycles. The molecule has 0 radical (unpaired) electrons. The van der Waals surface area contributed by atoms with Crippen molar-refractivity contribution in [1.29, 1.82) is 0 Å². The van der Waals surface area contributed by atoms with Gasteiger partial charge in [-0.05, 0) is 56.8 Å². The van der Waals surface area contributed by atoms with Crippen LogP contribution >= 0.6 is 7.82 Å². The molecule has 134 valence electrons. The summed E-state index contributed by atoms with van der Waals surface area (Å²) >= 11 is 0. The first kappa shape index (κ1) is 21.9. The third-order valence-corrected chi connectivity index (χ3v) is 4.17. The minimum atomic E-state index is -3.63. The molecule has 4 nitrogen and oxygen atoms in total. The first-order valence-electron chi connectivity index (χ1n) is 8.78. The molecule has 0 amide bonds. The van der Waals surface area contributed by atoms with E-state index in [4.69, 9.17) is 13.6 Å². The Morgan fingerprint density at radius 3 is 1.22 bits per heavy atom. The van der Waals surface area contributed by atoms with Gasteiger partial charge < -0.3 is 13.6 Å². The summed E-state index contributed by atoms with van der Waals surface area (Å²) in [6.07, 6.45) is 18.9. The Morgan fingerprint density at radius 2 is 0.957 bits per heavy atom. The Labute approximate surface area is 142 Å². The predicted octanol–water partition coefficient (Wildman–Crippen LogP) is 7.26. The average Bonchev–Trinajstić information content (AvgIpc) is 2.54. The van der Waals surface area contributed by atoms with Crippen LogP contribution in [-0.2, 0) is 18.1 Å². The second kappa shape index (κ2) is 15.7. The second-order valence-corrected chi connectivity index (χ2v) is 6.83. The van der Waals surface area contributed by atoms with Gasteiger partial charge in [0.2, 0.25) is 0 Å². The van der Waals surface area contributed by atoms with Crippen molar-refractivity contribution in [2.75, 3.05) is 0 Å². The molecule has 23 heavy (non-hydrogen) atoms. The summed E-state index contributed by atoms with van der Waals surface area (Å²) in [5.41, 5.74) is 0. The van der Waals surface area contributed by atoms with Crippen LogP contribution in [-0.4, -0.2) is 0 Å². The van der Waals surface area contributed by atoms with Gasteiger partial charge >= 0.3 is 7.82 Å². The van der Waals surface area contributed by atoms with E-state index in [2.05, 4.69) is 20.8 Å². The molecule has 0 aliphatic carbocycles. The molecule has 0 aromatic carbocycles. The van der Waals surface area contributed by atoms with Crippen LogP contribution in [0.15, 0.2) is 37.0 Å². The van der Waals surface area contributed by atoms with Gasteiger partial charge in [0.1, 0.15) is 0 Å². The van der Waals surface area contributed by atoms with Gasteiger partial charge in [0.05, 0.1) is 18.8 Å². The quantitative estimate of drug-likeness (QED) is 0.178. The highest BCUT2D eigenvalue weighted by molar-refractivity contribution is 7.48. The van der Waals surface area contributed by atoms with Crippen LogP contribution in [0, 0.1) is 0 Å². The molecule has 0 atom stereocenters. The lowest BCUT2D eigenvalue weighted by Crippen LogP contribution is -1.89. The lowest BCUT2D eigenvalue weighted by Gasteiger charge is -2.13. The van der Waals surface area contributed by atoms with Crippen LogP contribution in [0.3, 0.4) is 0 Å². The Morgan fingerprint density at radius 1 is 0.652 bits per heavy atom. The fourth-order valence-electron chi connectivity index (χ4n) is 1.60. The van der Waals surface area contributed by atoms with Crippen molar-refractivity contribution in [3.63, 3.8) is 0 Å². The second-order valence-electron chi connectivity index (χ2n) is 5.31. The molecule has 0 bridgehead atoms. The summed E-state index contributed by atoms with van der Waals surface area (Å²) in [4.78, 5) is 0. The van der Waals surface area contributed by atoms with Gasteiger partial charge in [-0.25, -0.2) is 0 Å². The van der Waals surface area contributed by atoms with Gasteiger partial charge in [0.15, 0.2) is 0 Å². The van der Waals surface area contributed by atoms with Crippen LogP contribution in [0.4, 0.5) is 0 Å². The number of allylic oxidation sites excluding steroid dienone is 3. The van der Waals surface area contributed by atoms with E-state index in [0.717, 1.165) is 57.8 Å². The largest absolute Gasteiger partial charge is 0.645 e. The van der Waals surface area contributed by atoms with Gasteiger partial charge in [-0.3, -0.25) is 0 Å². The zero-order chi connectivity index (χ0) is 17.2. The molecule has 0 aromatic heterocycles. The van der Waals surface area contributed by atoms with E-state index < -0.39 is 7.82 Å². The highest BCUT2D eigenvalue weighted by Crippen LogP contribution is 2.50. The molecule has 0 fully saturated rings. The molecule has 0 aliphatic heterocycles. The van der Waals surface area contributed by atoms with Gasteiger partial charge in [0.25, 0.3) is 0 Å². The highest BCUT2D eigenvalue weighted by atomic mass is 31.2. The standard InChI is InChI=1S/C18H33O4P/c1-4-7-10-13-16-20-23(19,21-17-14-11-8-5-2)22-18-15-12-9-6-3/h13-18H,4-12H2,1-3H3/b16-13+,17-14+,18-15+. The molecule has 0 saturated carbocycles. The first-order valence-corrected chi connectivity index (χ1v) is 10.2. The Kier molecular flexibility index (Phi) is 14.9. The smallest absolute Gasteiger partial charge is 0.394 e. The SMILES string of the molecule is CCCC/C=C/OP(=O)(O/C=C/CCCC)O/C=C/CCCC. The molecule has 0 aliphatic rings. The van der Waals surface area contributed by atoms with Crippen LogP contribution in [0.5, 0.6) is 0 Å². The lowest BCUT2D eigenvalue weighted by molar-refractivity contribution is 0.229. The van der Waals surface area contributed by atoms with E-state index in [1.807, 2.05) is 18.2 Å². The average molecular weight is 344 g/mol. The van der Waals surface area contributed by atoms with Gasteiger partial charge in [-0.1, -0.05) is 40.0 Å². The molecular weight excluding hydrogens is 311 g/mol. The van der Waals surface area contributed by atoms with Crippen molar-refractivity contribution in [1.82, 2.24) is 0 Å². The van der Waals surface area contributed by atoms with Crippen LogP contribution in [0.25, 0.3) is 0 Å². The van der Waals surface area contributed by atoms with E-state index >= 15 is 0 Å². The van der Waals surface area contributed by atoms with Crippen molar-refractivity contribution in [2.24, 2.45) is 0 Å². The van der Waals surface area contributed by atoms with Crippen molar-refractivity contribution in [3.8, 4) is 0 Å². The molecule has 0 spiro atoms. The van der Waals surface area contributed by atoms with E-state index in [-0.39, 0.29) is 0 Å². The van der Waals surface area contributed by atoms with E-state index in [9.17, 15) is 4.57 Å². The molecule has 0 rings (SSSR count). The summed E-state index contributed by atoms with van der Waals surface area (Å²) in [5.74, 6) is 0. The van der Waals surface area contributed by atoms with Gasteiger partial charge in [0, 0.05) is 0 Å². The maximum atomic E-state index is 12.5. The fourth-order valence-corrected chi connectivity index (χ4v) is 2.45. The number of hydrogen-bond donors (Lipinski definition) is 0. The van der Waals surface area contributed by atoms with Crippen LogP contribution < -0.4 is 0 Å². The lowest BCUT2D eigenvalue weighted by atomic mass is 10.2. The summed E-state index contributed by atoms with van der Waals surface area (Å²) in [7, 11) is -3.63. The number of rotatable bonds is 15. The Hall–Kier alpha value is -1.15. The minimum absolute atomic E-state index is 0.884. The highest BCUT2D eigenvalue weighted by Gasteiger charge is 2.27.